The molecule has 34 nitrogen and oxygen atoms in total. The van der Waals surface area contributed by atoms with Gasteiger partial charge in [0.15, 0.2) is 18.9 Å². The molecule has 15 rings (SSSR count). The maximum Gasteiger partial charge on any atom is 0.328 e. The van der Waals surface area contributed by atoms with Crippen LogP contribution in [-0.4, -0.2) is 242 Å². The van der Waals surface area contributed by atoms with Crippen molar-refractivity contribution in [2.24, 2.45) is 5.92 Å². The fourth-order valence-electron chi connectivity index (χ4n) is 15.4. The maximum atomic E-state index is 13.4. The number of carbonyl (C=O) groups is 9. The van der Waals surface area contributed by atoms with Crippen molar-refractivity contribution in [1.82, 2.24) is 44.6 Å². The fraction of sp³-hybridized carbons (Fsp3) is 0.475. The molecule has 116 heavy (non-hydrogen) atoms. The summed E-state index contributed by atoms with van der Waals surface area (Å²) in [5.41, 5.74) is 7.12. The van der Waals surface area contributed by atoms with E-state index < -0.39 is 36.4 Å². The number of amides is 9. The van der Waals surface area contributed by atoms with E-state index >= 15 is 0 Å². The van der Waals surface area contributed by atoms with E-state index in [0.717, 1.165) is 57.7 Å². The van der Waals surface area contributed by atoms with Crippen LogP contribution in [0.4, 0.5) is 49.3 Å². The van der Waals surface area contributed by atoms with Gasteiger partial charge in [-0.05, 0) is 116 Å². The molecule has 36 heteroatoms. The van der Waals surface area contributed by atoms with Crippen molar-refractivity contribution in [3.8, 4) is 18.2 Å². The van der Waals surface area contributed by atoms with Crippen LogP contribution < -0.4 is 30.7 Å². The smallest absolute Gasteiger partial charge is 0.328 e. The highest BCUT2D eigenvalue weighted by Gasteiger charge is 2.38. The fourth-order valence-corrected chi connectivity index (χ4v) is 17.7. The quantitative estimate of drug-likeness (QED) is 0.0549. The van der Waals surface area contributed by atoms with E-state index in [1.54, 1.807) is 63.5 Å². The lowest BCUT2D eigenvalue weighted by molar-refractivity contribution is -0.137. The molecule has 9 amide bonds. The van der Waals surface area contributed by atoms with Crippen molar-refractivity contribution < 1.29 is 76.3 Å². The van der Waals surface area contributed by atoms with Gasteiger partial charge in [0.2, 0.25) is 0 Å². The molecular formula is C80H88N18O16S2. The van der Waals surface area contributed by atoms with Gasteiger partial charge in [-0.25, -0.2) is 44.3 Å². The predicted molar refractivity (Wildman–Crippen MR) is 421 cm³/mol. The number of hydrogen-bond donors (Lipinski definition) is 3. The van der Waals surface area contributed by atoms with Gasteiger partial charge >= 0.3 is 18.1 Å². The highest BCUT2D eigenvalue weighted by Crippen LogP contribution is 2.38. The first-order chi connectivity index (χ1) is 56.4. The number of anilines is 6. The third-order valence-electron chi connectivity index (χ3n) is 21.7. The van der Waals surface area contributed by atoms with Crippen molar-refractivity contribution in [3.63, 3.8) is 0 Å². The Morgan fingerprint density at radius 1 is 0.474 bits per heavy atom. The lowest BCUT2D eigenvalue weighted by Gasteiger charge is -2.29. The molecule has 9 aliphatic heterocycles. The standard InChI is InChI=1S/C28H32N6O6.2C26H28N6O5S/c1-38-23-5-7-33(27(23)36)13-19-8-17-4-3-6-34(26(17)31-22(19)14-35)28(37)32-25-10-18(21(11-29)12-30-25)9-20-15-40-16-24(20)39-2;2*1-36-21-4-7-31(25(21)34)13-17-9-16-3-2-6-32(24(16)29-20(17)14-33)26(35)30-23-10-22(18(11-27)12-28-23)38-19-5-8-37-15-19/h8,10,12,14,20,23-24H,3-7,9,13,15-16H2,1-2H3,(H,30,32,37);2*9-10,12,14,19,21H,2-8,13,15H2,1H3,(H,28,30,35)/t20-,23?,24-;19-,21+;19-,21-/m010/s1. The topological polar surface area (TPSA) is 422 Å². The van der Waals surface area contributed by atoms with Crippen LogP contribution in [0.2, 0.25) is 0 Å². The molecule has 6 fully saturated rings. The van der Waals surface area contributed by atoms with E-state index in [0.29, 0.717) is 217 Å². The number of methoxy groups -OCH3 is 4. The van der Waals surface area contributed by atoms with Gasteiger partial charge in [-0.3, -0.25) is 59.4 Å². The Bertz CT molecular complexity index is 4680. The van der Waals surface area contributed by atoms with Gasteiger partial charge in [-0.1, -0.05) is 0 Å². The summed E-state index contributed by atoms with van der Waals surface area (Å²) in [5.74, 6) is 2.02. The minimum atomic E-state index is -0.464. The number of ether oxygens (including phenoxy) is 7. The molecule has 0 bridgehead atoms. The van der Waals surface area contributed by atoms with Gasteiger partial charge in [-0.2, -0.15) is 15.8 Å². The van der Waals surface area contributed by atoms with Gasteiger partial charge in [0, 0.05) is 181 Å². The number of pyridine rings is 6. The van der Waals surface area contributed by atoms with Crippen LogP contribution in [0.15, 0.2) is 64.8 Å². The second-order valence-corrected chi connectivity index (χ2v) is 31.6. The van der Waals surface area contributed by atoms with Crippen LogP contribution in [-0.2, 0) is 92.9 Å². The number of urea groups is 3. The van der Waals surface area contributed by atoms with Crippen molar-refractivity contribution in [1.29, 1.82) is 15.8 Å². The molecule has 606 valence electrons. The number of rotatable bonds is 22. The molecule has 3 N–H and O–H groups in total. The van der Waals surface area contributed by atoms with Crippen LogP contribution in [0, 0.1) is 39.9 Å². The van der Waals surface area contributed by atoms with Crippen LogP contribution in [0.25, 0.3) is 0 Å². The molecule has 0 aliphatic carbocycles. The molecule has 6 saturated heterocycles. The van der Waals surface area contributed by atoms with Crippen LogP contribution >= 0.6 is 23.5 Å². The van der Waals surface area contributed by atoms with Crippen LogP contribution in [0.3, 0.4) is 0 Å². The zero-order chi connectivity index (χ0) is 81.5. The van der Waals surface area contributed by atoms with E-state index in [1.807, 2.05) is 18.2 Å². The molecule has 6 aromatic heterocycles. The lowest BCUT2D eigenvalue weighted by Crippen LogP contribution is -2.40. The molecule has 6 aromatic rings. The minimum Gasteiger partial charge on any atom is -0.380 e. The molecule has 7 atom stereocenters. The number of nitrogens with zero attached hydrogens (tertiary/aromatic N) is 15. The first-order valence-corrected chi connectivity index (χ1v) is 40.1. The summed E-state index contributed by atoms with van der Waals surface area (Å²) in [6.45, 7) is 7.38. The summed E-state index contributed by atoms with van der Waals surface area (Å²) in [4.78, 5) is 151. The Kier molecular flexibility index (Phi) is 27.6. The van der Waals surface area contributed by atoms with E-state index in [1.165, 1.54) is 54.6 Å². The number of fused-ring (bicyclic) bond motifs is 3. The number of thioether (sulfide) groups is 2. The molecule has 0 spiro atoms. The summed E-state index contributed by atoms with van der Waals surface area (Å²) >= 11 is 3.10. The molecule has 1 unspecified atom stereocenters. The second-order valence-electron chi connectivity index (χ2n) is 29.0. The minimum absolute atomic E-state index is 0.0597. The highest BCUT2D eigenvalue weighted by atomic mass is 32.2. The molecule has 0 radical (unpaired) electrons. The largest absolute Gasteiger partial charge is 0.380 e. The number of carbonyl (C=O) groups excluding carboxylic acids is 9. The number of aromatic nitrogens is 6. The normalized spacial score (nSPS) is 21.3. The van der Waals surface area contributed by atoms with Crippen LogP contribution in [0.5, 0.6) is 0 Å². The summed E-state index contributed by atoms with van der Waals surface area (Å²) in [6.07, 6.45) is 13.3. The van der Waals surface area contributed by atoms with Crippen molar-refractivity contribution in [2.45, 2.75) is 141 Å². The SMILES string of the molecule is COC1CCN(Cc2cc3c(nc2C=O)N(C(=O)Nc2cc(C[C@H]4COC[C@@H]4OC)c(C#N)cn2)CCC3)C1=O.CO[C@H]1CCN(Cc2cc3c(nc2C=O)N(C(=O)Nc2cc(S[C@@H]4CCOC4)c(C#N)cn2)CCC3)C1=O.CO[C@H]1CCN(Cc2cc3c(nc2C=O)N(C(=O)Nc2cc(S[C@H]4CCOC4)c(C#N)cn2)CCC3)C1=O. The van der Waals surface area contributed by atoms with Gasteiger partial charge in [0.05, 0.1) is 49.2 Å². The molecule has 0 aromatic carbocycles. The van der Waals surface area contributed by atoms with E-state index in [9.17, 15) is 58.9 Å². The maximum absolute atomic E-state index is 13.4. The molecule has 0 saturated carbocycles. The third kappa shape index (κ3) is 19.1. The van der Waals surface area contributed by atoms with Crippen molar-refractivity contribution >= 4 is 113 Å². The zero-order valence-electron chi connectivity index (χ0n) is 64.6. The summed E-state index contributed by atoms with van der Waals surface area (Å²) in [7, 11) is 6.18. The van der Waals surface area contributed by atoms with Gasteiger partial charge in [0.25, 0.3) is 17.7 Å². The predicted octanol–water partition coefficient (Wildman–Crippen LogP) is 7.64. The average Bonchev–Trinajstić information content (AvgIpc) is 1.58. The highest BCUT2D eigenvalue weighted by molar-refractivity contribution is 8.00. The van der Waals surface area contributed by atoms with Crippen molar-refractivity contribution in [2.75, 3.05) is 138 Å². The summed E-state index contributed by atoms with van der Waals surface area (Å²) < 4.78 is 37.6. The number of nitriles is 3. The molecule has 9 aliphatic rings. The summed E-state index contributed by atoms with van der Waals surface area (Å²) in [6, 6.07) is 15.9. The monoisotopic (exact) mass is 1620 g/mol. The Labute approximate surface area is 677 Å². The Morgan fingerprint density at radius 2 is 0.845 bits per heavy atom. The van der Waals surface area contributed by atoms with E-state index in [-0.39, 0.29) is 77.0 Å². The average molecular weight is 1620 g/mol. The summed E-state index contributed by atoms with van der Waals surface area (Å²) in [5, 5.41) is 37.5. The van der Waals surface area contributed by atoms with Gasteiger partial charge in [-0.15, -0.1) is 23.5 Å². The van der Waals surface area contributed by atoms with E-state index in [4.69, 9.17) is 33.2 Å². The number of nitrogens with one attached hydrogen (secondary N) is 3. The first kappa shape index (κ1) is 83.0. The number of aryl methyl sites for hydroxylation is 3. The molecular weight excluding hydrogens is 1530 g/mol. The van der Waals surface area contributed by atoms with Gasteiger partial charge < -0.3 is 47.9 Å². The number of hydrogen-bond acceptors (Lipinski definition) is 27. The Balaban J connectivity index is 0.000000151. The van der Waals surface area contributed by atoms with Crippen LogP contribution in [0.1, 0.15) is 138 Å². The Hall–Kier alpha value is -11.0. The zero-order valence-corrected chi connectivity index (χ0v) is 66.3. The van der Waals surface area contributed by atoms with E-state index in [2.05, 4.69) is 64.1 Å². The third-order valence-corrected chi connectivity index (χ3v) is 24.2. The first-order valence-electron chi connectivity index (χ1n) is 38.4. The lowest BCUT2D eigenvalue weighted by atomic mass is 9.94. The number of aldehydes is 3. The second kappa shape index (κ2) is 38.6. The van der Waals surface area contributed by atoms with Gasteiger partial charge in [0.1, 0.15) is 88.5 Å². The molecule has 15 heterocycles. The Morgan fingerprint density at radius 3 is 1.17 bits per heavy atom. The van der Waals surface area contributed by atoms with Crippen molar-refractivity contribution in [3.05, 3.63) is 128 Å². The number of likely N-dealkylation sites (tertiary alicyclic amines) is 3.